The van der Waals surface area contributed by atoms with E-state index in [-0.39, 0.29) is 29.6 Å². The molecule has 0 aliphatic heterocycles. The van der Waals surface area contributed by atoms with Gasteiger partial charge in [0.25, 0.3) is 11.4 Å². The van der Waals surface area contributed by atoms with Gasteiger partial charge in [-0.3, -0.25) is 23.9 Å². The molecule has 0 aliphatic rings. The maximum absolute atomic E-state index is 14.6. The summed E-state index contributed by atoms with van der Waals surface area (Å²) < 4.78 is 40.3. The Balaban J connectivity index is 1.38. The smallest absolute Gasteiger partial charge is 0.414 e. The molecule has 5 rings (SSSR count). The predicted octanol–water partition coefficient (Wildman–Crippen LogP) is 5.69. The van der Waals surface area contributed by atoms with E-state index in [4.69, 9.17) is 9.15 Å². The van der Waals surface area contributed by atoms with Gasteiger partial charge in [-0.2, -0.15) is 0 Å². The number of ether oxygens (including phenoxy) is 1. The zero-order valence-corrected chi connectivity index (χ0v) is 28.6. The molecule has 0 saturated carbocycles. The molecule has 1 atom stereocenters. The van der Waals surface area contributed by atoms with E-state index in [0.29, 0.717) is 5.56 Å². The Labute approximate surface area is 292 Å². The number of nitrogens with one attached hydrogen (secondary N) is 1. The number of rotatable bonds is 12. The topological polar surface area (TPSA) is 150 Å². The Morgan fingerprint density at radius 3 is 2.29 bits per heavy atom. The molecule has 0 saturated heterocycles. The van der Waals surface area contributed by atoms with Crippen LogP contribution in [-0.4, -0.2) is 50.6 Å². The molecule has 2 heterocycles. The van der Waals surface area contributed by atoms with Crippen LogP contribution in [0.4, 0.5) is 19.3 Å². The minimum atomic E-state index is -1.23. The SMILES string of the molecule is CC(C)[C@H](NC(=O)Cn1c(-c2ccccc2)ncc(N(C)C(=O)OCc2ccccc2)c1=O)C(=O)c1nnc(C(C)(C)c2ccc(F)cc2F)o1. The molecule has 3 aromatic carbocycles. The highest BCUT2D eigenvalue weighted by Crippen LogP contribution is 2.33. The second-order valence-corrected chi connectivity index (χ2v) is 12.6. The van der Waals surface area contributed by atoms with Crippen molar-refractivity contribution in [2.45, 2.75) is 52.3 Å². The van der Waals surface area contributed by atoms with Gasteiger partial charge in [0.15, 0.2) is 0 Å². The zero-order valence-electron chi connectivity index (χ0n) is 28.6. The van der Waals surface area contributed by atoms with Gasteiger partial charge in [-0.25, -0.2) is 18.6 Å². The summed E-state index contributed by atoms with van der Waals surface area (Å²) in [6.45, 7) is 5.95. The van der Waals surface area contributed by atoms with Gasteiger partial charge in [0.1, 0.15) is 36.3 Å². The maximum Gasteiger partial charge on any atom is 0.414 e. The number of halogens is 2. The Hall–Kier alpha value is -6.05. The third kappa shape index (κ3) is 8.06. The first-order valence-electron chi connectivity index (χ1n) is 16.0. The molecule has 14 heteroatoms. The summed E-state index contributed by atoms with van der Waals surface area (Å²) in [4.78, 5) is 59.5. The predicted molar refractivity (Wildman–Crippen MR) is 183 cm³/mol. The lowest BCUT2D eigenvalue weighted by Gasteiger charge is -2.22. The zero-order chi connectivity index (χ0) is 36.9. The summed E-state index contributed by atoms with van der Waals surface area (Å²) in [5.74, 6) is -3.86. The molecule has 51 heavy (non-hydrogen) atoms. The number of hydrogen-bond acceptors (Lipinski definition) is 9. The third-order valence-corrected chi connectivity index (χ3v) is 8.24. The van der Waals surface area contributed by atoms with Crippen LogP contribution in [0.1, 0.15) is 55.4 Å². The monoisotopic (exact) mass is 698 g/mol. The van der Waals surface area contributed by atoms with Gasteiger partial charge in [0.05, 0.1) is 17.7 Å². The van der Waals surface area contributed by atoms with Crippen LogP contribution in [0.3, 0.4) is 0 Å². The van der Waals surface area contributed by atoms with E-state index in [1.807, 2.05) is 6.07 Å². The second-order valence-electron chi connectivity index (χ2n) is 12.6. The summed E-state index contributed by atoms with van der Waals surface area (Å²) in [7, 11) is 1.36. The number of Topliss-reactive ketones (excluding diaryl/α,β-unsaturated/α-hetero) is 1. The molecule has 0 fully saturated rings. The normalized spacial score (nSPS) is 12.0. The highest BCUT2D eigenvalue weighted by atomic mass is 19.1. The van der Waals surface area contributed by atoms with E-state index in [1.54, 1.807) is 82.3 Å². The number of amides is 2. The van der Waals surface area contributed by atoms with Crippen molar-refractivity contribution in [3.63, 3.8) is 0 Å². The van der Waals surface area contributed by atoms with Gasteiger partial charge in [0.2, 0.25) is 17.6 Å². The number of carbonyl (C=O) groups excluding carboxylic acids is 3. The first-order valence-corrected chi connectivity index (χ1v) is 16.0. The molecule has 0 radical (unpaired) electrons. The minimum Gasteiger partial charge on any atom is -0.444 e. The molecule has 2 aromatic heterocycles. The van der Waals surface area contributed by atoms with Crippen LogP contribution in [0.15, 0.2) is 94.3 Å². The molecule has 5 aromatic rings. The lowest BCUT2D eigenvalue weighted by atomic mass is 9.84. The number of nitrogens with zero attached hydrogens (tertiary/aromatic N) is 5. The van der Waals surface area contributed by atoms with Gasteiger partial charge in [-0.05, 0) is 31.4 Å². The molecular formula is C37H36F2N6O6. The summed E-state index contributed by atoms with van der Waals surface area (Å²) in [6, 6.07) is 19.6. The number of hydrogen-bond donors (Lipinski definition) is 1. The fourth-order valence-corrected chi connectivity index (χ4v) is 5.31. The van der Waals surface area contributed by atoms with Gasteiger partial charge < -0.3 is 14.5 Å². The number of ketones is 1. The van der Waals surface area contributed by atoms with E-state index >= 15 is 0 Å². The van der Waals surface area contributed by atoms with Crippen LogP contribution in [0.2, 0.25) is 0 Å². The molecule has 2 amide bonds. The van der Waals surface area contributed by atoms with Gasteiger partial charge >= 0.3 is 6.09 Å². The second kappa shape index (κ2) is 15.2. The van der Waals surface area contributed by atoms with Crippen LogP contribution in [0.25, 0.3) is 11.4 Å². The number of carbonyl (C=O) groups is 3. The molecule has 264 valence electrons. The molecule has 12 nitrogen and oxygen atoms in total. The first-order chi connectivity index (χ1) is 24.3. The van der Waals surface area contributed by atoms with Crippen molar-refractivity contribution in [3.8, 4) is 11.4 Å². The van der Waals surface area contributed by atoms with Crippen molar-refractivity contribution < 1.29 is 32.3 Å². The summed E-state index contributed by atoms with van der Waals surface area (Å²) in [6.07, 6.45) is 0.423. The maximum atomic E-state index is 14.6. The highest BCUT2D eigenvalue weighted by Gasteiger charge is 2.36. The fourth-order valence-electron chi connectivity index (χ4n) is 5.31. The molecule has 0 spiro atoms. The van der Waals surface area contributed by atoms with Gasteiger partial charge in [-0.1, -0.05) is 80.6 Å². The van der Waals surface area contributed by atoms with E-state index in [9.17, 15) is 28.0 Å². The average molecular weight is 699 g/mol. The van der Waals surface area contributed by atoms with Crippen molar-refractivity contribution in [3.05, 3.63) is 130 Å². The van der Waals surface area contributed by atoms with Crippen LogP contribution < -0.4 is 15.8 Å². The standard InChI is InChI=1S/C37H36F2N6O6/c1-22(2)30(31(47)33-42-43-35(51-33)37(3,4)26-17-16-25(38)18-27(26)39)41-29(46)20-45-32(24-14-10-7-11-15-24)40-19-28(34(45)48)44(5)36(49)50-21-23-12-8-6-9-13-23/h6-19,22,30H,20-21H2,1-5H3,(H,41,46)/t30-/m0/s1. The Morgan fingerprint density at radius 2 is 1.65 bits per heavy atom. The first kappa shape index (κ1) is 36.2. The lowest BCUT2D eigenvalue weighted by molar-refractivity contribution is -0.122. The number of aromatic nitrogens is 4. The molecular weight excluding hydrogens is 662 g/mol. The summed E-state index contributed by atoms with van der Waals surface area (Å²) in [5.41, 5.74) is -0.724. The van der Waals surface area contributed by atoms with Crippen LogP contribution >= 0.6 is 0 Å². The van der Waals surface area contributed by atoms with E-state index in [0.717, 1.165) is 27.2 Å². The summed E-state index contributed by atoms with van der Waals surface area (Å²) >= 11 is 0. The van der Waals surface area contributed by atoms with Crippen LogP contribution in [0.5, 0.6) is 0 Å². The van der Waals surface area contributed by atoms with Gasteiger partial charge in [-0.15, -0.1) is 10.2 Å². The molecule has 0 aliphatic carbocycles. The fraction of sp³-hybridized carbons (Fsp3) is 0.270. The molecule has 0 bridgehead atoms. The van der Waals surface area contributed by atoms with Crippen molar-refractivity contribution in [1.29, 1.82) is 0 Å². The van der Waals surface area contributed by atoms with Gasteiger partial charge in [0, 0.05) is 24.2 Å². The van der Waals surface area contributed by atoms with E-state index in [1.165, 1.54) is 19.3 Å². The quantitative estimate of drug-likeness (QED) is 0.162. The Kier molecular flexibility index (Phi) is 10.8. The Morgan fingerprint density at radius 1 is 0.980 bits per heavy atom. The number of benzene rings is 3. The molecule has 0 unspecified atom stereocenters. The van der Waals surface area contributed by atoms with E-state index < -0.39 is 64.8 Å². The third-order valence-electron chi connectivity index (χ3n) is 8.24. The lowest BCUT2D eigenvalue weighted by Crippen LogP contribution is -2.47. The number of anilines is 1. The van der Waals surface area contributed by atoms with E-state index in [2.05, 4.69) is 20.5 Å². The minimum absolute atomic E-state index is 0.0249. The summed E-state index contributed by atoms with van der Waals surface area (Å²) in [5, 5.41) is 10.5. The highest BCUT2D eigenvalue weighted by molar-refractivity contribution is 5.98. The largest absolute Gasteiger partial charge is 0.444 e. The van der Waals surface area contributed by atoms with Crippen LogP contribution in [0, 0.1) is 17.6 Å². The average Bonchev–Trinajstić information content (AvgIpc) is 3.62. The Bertz CT molecular complexity index is 2100. The van der Waals surface area contributed by atoms with Crippen molar-refractivity contribution in [2.24, 2.45) is 5.92 Å². The van der Waals surface area contributed by atoms with Crippen molar-refractivity contribution in [2.75, 3.05) is 11.9 Å². The molecule has 1 N–H and O–H groups in total. The van der Waals surface area contributed by atoms with Crippen LogP contribution in [-0.2, 0) is 28.1 Å². The van der Waals surface area contributed by atoms with Crippen molar-refractivity contribution in [1.82, 2.24) is 25.1 Å². The van der Waals surface area contributed by atoms with Crippen molar-refractivity contribution >= 4 is 23.5 Å².